The fraction of sp³-hybridized carbons (Fsp3) is 0.222. The standard InChI is InChI=1S/C18H19ClN2O4S2/c1-21(11-17(22)20-14-6-4-5-7-15(14)26-2)18(23)12-8-9-13(19)16(10-12)27(3,24)25/h4-10H,11H2,1-3H3,(H,20,22). The quantitative estimate of drug-likeness (QED) is 0.717. The molecule has 2 rings (SSSR count). The molecule has 2 aromatic rings. The summed E-state index contributed by atoms with van der Waals surface area (Å²) in [7, 11) is -2.10. The number of nitrogens with zero attached hydrogens (tertiary/aromatic N) is 1. The molecule has 0 radical (unpaired) electrons. The number of likely N-dealkylation sites (N-methyl/N-ethyl adjacent to an activating group) is 1. The van der Waals surface area contributed by atoms with Gasteiger partial charge in [-0.2, -0.15) is 0 Å². The van der Waals surface area contributed by atoms with E-state index in [0.717, 1.165) is 11.2 Å². The van der Waals surface area contributed by atoms with E-state index in [9.17, 15) is 18.0 Å². The van der Waals surface area contributed by atoms with Gasteiger partial charge in [-0.05, 0) is 36.6 Å². The molecule has 0 saturated carbocycles. The first-order valence-electron chi connectivity index (χ1n) is 7.81. The van der Waals surface area contributed by atoms with Crippen LogP contribution in [0.5, 0.6) is 0 Å². The van der Waals surface area contributed by atoms with Crippen molar-refractivity contribution < 1.29 is 18.0 Å². The van der Waals surface area contributed by atoms with Gasteiger partial charge >= 0.3 is 0 Å². The number of carbonyl (C=O) groups is 2. The maximum Gasteiger partial charge on any atom is 0.254 e. The number of halogens is 1. The van der Waals surface area contributed by atoms with Crippen molar-refractivity contribution in [2.75, 3.05) is 31.4 Å². The molecule has 0 aliphatic rings. The van der Waals surface area contributed by atoms with Gasteiger partial charge in [0.2, 0.25) is 5.91 Å². The molecule has 0 unspecified atom stereocenters. The highest BCUT2D eigenvalue weighted by molar-refractivity contribution is 7.98. The minimum atomic E-state index is -3.57. The number of sulfone groups is 1. The van der Waals surface area contributed by atoms with Crippen LogP contribution < -0.4 is 5.32 Å². The zero-order valence-corrected chi connectivity index (χ0v) is 17.4. The monoisotopic (exact) mass is 426 g/mol. The molecule has 2 amide bonds. The SMILES string of the molecule is CSc1ccccc1NC(=O)CN(C)C(=O)c1ccc(Cl)c(S(C)(=O)=O)c1. The lowest BCUT2D eigenvalue weighted by Crippen LogP contribution is -2.35. The highest BCUT2D eigenvalue weighted by Gasteiger charge is 2.19. The van der Waals surface area contributed by atoms with Gasteiger partial charge in [-0.3, -0.25) is 9.59 Å². The lowest BCUT2D eigenvalue weighted by atomic mass is 10.2. The van der Waals surface area contributed by atoms with Crippen molar-refractivity contribution in [3.05, 3.63) is 53.1 Å². The van der Waals surface area contributed by atoms with Gasteiger partial charge in [0.25, 0.3) is 5.91 Å². The van der Waals surface area contributed by atoms with Gasteiger partial charge < -0.3 is 10.2 Å². The zero-order chi connectivity index (χ0) is 20.2. The van der Waals surface area contributed by atoms with Gasteiger partial charge in [-0.15, -0.1) is 11.8 Å². The number of benzene rings is 2. The number of nitrogens with one attached hydrogen (secondary N) is 1. The molecule has 1 N–H and O–H groups in total. The fourth-order valence-corrected chi connectivity index (χ4v) is 4.22. The lowest BCUT2D eigenvalue weighted by Gasteiger charge is -2.18. The first-order chi connectivity index (χ1) is 12.6. The second-order valence-electron chi connectivity index (χ2n) is 5.83. The molecule has 0 aromatic heterocycles. The fourth-order valence-electron chi connectivity index (χ4n) is 2.37. The maximum absolute atomic E-state index is 12.6. The van der Waals surface area contributed by atoms with Gasteiger partial charge in [0.15, 0.2) is 9.84 Å². The van der Waals surface area contributed by atoms with Crippen LogP contribution in [0.15, 0.2) is 52.3 Å². The molecule has 0 spiro atoms. The Morgan fingerprint density at radius 3 is 2.48 bits per heavy atom. The smallest absolute Gasteiger partial charge is 0.254 e. The van der Waals surface area contributed by atoms with E-state index in [1.807, 2.05) is 24.5 Å². The number of rotatable bonds is 6. The second kappa shape index (κ2) is 8.77. The molecule has 0 heterocycles. The van der Waals surface area contributed by atoms with Crippen molar-refractivity contribution in [1.29, 1.82) is 0 Å². The molecule has 0 atom stereocenters. The lowest BCUT2D eigenvalue weighted by molar-refractivity contribution is -0.116. The molecule has 6 nitrogen and oxygen atoms in total. The van der Waals surface area contributed by atoms with Crippen molar-refractivity contribution in [2.24, 2.45) is 0 Å². The topological polar surface area (TPSA) is 83.6 Å². The summed E-state index contributed by atoms with van der Waals surface area (Å²) in [5.74, 6) is -0.838. The average molecular weight is 427 g/mol. The molecule has 0 aliphatic carbocycles. The van der Waals surface area contributed by atoms with E-state index in [1.54, 1.807) is 6.07 Å². The minimum Gasteiger partial charge on any atom is -0.332 e. The third kappa shape index (κ3) is 5.47. The number of carbonyl (C=O) groups excluding carboxylic acids is 2. The summed E-state index contributed by atoms with van der Waals surface area (Å²) >= 11 is 7.40. The number of hydrogen-bond donors (Lipinski definition) is 1. The highest BCUT2D eigenvalue weighted by Crippen LogP contribution is 2.25. The van der Waals surface area contributed by atoms with Crippen LogP contribution in [0.25, 0.3) is 0 Å². The Balaban J connectivity index is 2.13. The summed E-state index contributed by atoms with van der Waals surface area (Å²) in [4.78, 5) is 26.8. The molecule has 0 aliphatic heterocycles. The molecule has 144 valence electrons. The maximum atomic E-state index is 12.6. The van der Waals surface area contributed by atoms with Crippen molar-refractivity contribution in [3.8, 4) is 0 Å². The first-order valence-corrected chi connectivity index (χ1v) is 11.3. The number of thioether (sulfide) groups is 1. The van der Waals surface area contributed by atoms with E-state index in [-0.39, 0.29) is 27.9 Å². The van der Waals surface area contributed by atoms with Crippen LogP contribution in [0, 0.1) is 0 Å². The van der Waals surface area contributed by atoms with Gasteiger partial charge in [0, 0.05) is 23.8 Å². The van der Waals surface area contributed by atoms with E-state index in [1.165, 1.54) is 41.9 Å². The minimum absolute atomic E-state index is 0.0446. The van der Waals surface area contributed by atoms with Crippen molar-refractivity contribution >= 4 is 50.7 Å². The molecule has 0 bridgehead atoms. The molecule has 2 aromatic carbocycles. The summed E-state index contributed by atoms with van der Waals surface area (Å²) in [5, 5.41) is 2.82. The van der Waals surface area contributed by atoms with Gasteiger partial charge in [0.1, 0.15) is 0 Å². The highest BCUT2D eigenvalue weighted by atomic mass is 35.5. The van der Waals surface area contributed by atoms with Crippen LogP contribution in [0.1, 0.15) is 10.4 Å². The summed E-state index contributed by atoms with van der Waals surface area (Å²) < 4.78 is 23.5. The molecule has 0 fully saturated rings. The summed E-state index contributed by atoms with van der Waals surface area (Å²) in [6, 6.07) is 11.3. The number of hydrogen-bond acceptors (Lipinski definition) is 5. The number of amides is 2. The predicted molar refractivity (Wildman–Crippen MR) is 108 cm³/mol. The number of anilines is 1. The van der Waals surface area contributed by atoms with Crippen LogP contribution in [-0.2, 0) is 14.6 Å². The van der Waals surface area contributed by atoms with Crippen LogP contribution in [0.4, 0.5) is 5.69 Å². The molecule has 9 heteroatoms. The van der Waals surface area contributed by atoms with Gasteiger partial charge in [-0.1, -0.05) is 23.7 Å². The Morgan fingerprint density at radius 1 is 1.19 bits per heavy atom. The van der Waals surface area contributed by atoms with Crippen molar-refractivity contribution in [2.45, 2.75) is 9.79 Å². The Hall–Kier alpha value is -2.03. The van der Waals surface area contributed by atoms with E-state index in [2.05, 4.69) is 5.32 Å². The van der Waals surface area contributed by atoms with Crippen LogP contribution in [0.3, 0.4) is 0 Å². The molecular formula is C18H19ClN2O4S2. The second-order valence-corrected chi connectivity index (χ2v) is 9.07. The average Bonchev–Trinajstić information content (AvgIpc) is 2.60. The van der Waals surface area contributed by atoms with Crippen LogP contribution in [-0.4, -0.2) is 51.2 Å². The Bertz CT molecular complexity index is 977. The summed E-state index contributed by atoms with van der Waals surface area (Å²) in [5.41, 5.74) is 0.807. The Labute approximate surface area is 167 Å². The molecule has 0 saturated heterocycles. The van der Waals surface area contributed by atoms with E-state index >= 15 is 0 Å². The van der Waals surface area contributed by atoms with Crippen LogP contribution in [0.2, 0.25) is 5.02 Å². The van der Waals surface area contributed by atoms with E-state index in [0.29, 0.717) is 5.69 Å². The Kier molecular flexibility index (Phi) is 6.91. The van der Waals surface area contributed by atoms with Crippen molar-refractivity contribution in [3.63, 3.8) is 0 Å². The van der Waals surface area contributed by atoms with E-state index in [4.69, 9.17) is 11.6 Å². The third-order valence-corrected chi connectivity index (χ3v) is 6.06. The first kappa shape index (κ1) is 21.3. The largest absolute Gasteiger partial charge is 0.332 e. The van der Waals surface area contributed by atoms with E-state index < -0.39 is 15.7 Å². The number of para-hydroxylation sites is 1. The Morgan fingerprint density at radius 2 is 1.85 bits per heavy atom. The van der Waals surface area contributed by atoms with Gasteiger partial charge in [-0.25, -0.2) is 8.42 Å². The molecular weight excluding hydrogens is 408 g/mol. The zero-order valence-electron chi connectivity index (χ0n) is 15.0. The van der Waals surface area contributed by atoms with Crippen LogP contribution >= 0.6 is 23.4 Å². The van der Waals surface area contributed by atoms with Crippen molar-refractivity contribution in [1.82, 2.24) is 4.90 Å². The summed E-state index contributed by atoms with van der Waals surface area (Å²) in [6.45, 7) is -0.182. The third-order valence-electron chi connectivity index (χ3n) is 3.69. The molecule has 27 heavy (non-hydrogen) atoms. The normalized spacial score (nSPS) is 11.1. The van der Waals surface area contributed by atoms with Gasteiger partial charge in [0.05, 0.1) is 22.2 Å². The summed E-state index contributed by atoms with van der Waals surface area (Å²) in [6.07, 6.45) is 2.92. The predicted octanol–water partition coefficient (Wildman–Crippen LogP) is 3.18.